The van der Waals surface area contributed by atoms with Crippen LogP contribution >= 0.6 is 15.9 Å². The summed E-state index contributed by atoms with van der Waals surface area (Å²) in [6, 6.07) is 13.1. The summed E-state index contributed by atoms with van der Waals surface area (Å²) in [5.41, 5.74) is 1.34. The van der Waals surface area contributed by atoms with Gasteiger partial charge in [0.2, 0.25) is 10.0 Å². The Balaban J connectivity index is 2.01. The number of sulfonamides is 1. The molecule has 6 nitrogen and oxygen atoms in total. The number of benzene rings is 2. The van der Waals surface area contributed by atoms with Crippen LogP contribution in [0.2, 0.25) is 0 Å². The summed E-state index contributed by atoms with van der Waals surface area (Å²) in [5, 5.41) is 8.75. The first kappa shape index (κ1) is 16.6. The lowest BCUT2D eigenvalue weighted by atomic mass is 10.1. The molecule has 3 N–H and O–H groups in total. The maximum Gasteiger partial charge on any atom is 0.256 e. The number of carbonyl (C=O) groups is 1. The predicted octanol–water partition coefficient (Wildman–Crippen LogP) is 2.90. The van der Waals surface area contributed by atoms with Gasteiger partial charge >= 0.3 is 0 Å². The average Bonchev–Trinajstić information content (AvgIpc) is 2.54. The van der Waals surface area contributed by atoms with Gasteiger partial charge in [0.25, 0.3) is 5.91 Å². The summed E-state index contributed by atoms with van der Waals surface area (Å²) in [5.74, 6) is -0.467. The van der Waals surface area contributed by atoms with Crippen molar-refractivity contribution in [2.24, 2.45) is 5.14 Å². The fraction of sp³-hybridized carbons (Fsp3) is 0. The molecule has 3 rings (SSSR count). The monoisotopic (exact) mass is 405 g/mol. The smallest absolute Gasteiger partial charge is 0.256 e. The van der Waals surface area contributed by atoms with Gasteiger partial charge in [-0.3, -0.25) is 9.78 Å². The van der Waals surface area contributed by atoms with Gasteiger partial charge in [0, 0.05) is 16.1 Å². The summed E-state index contributed by atoms with van der Waals surface area (Å²) in [7, 11) is -3.90. The van der Waals surface area contributed by atoms with E-state index in [1.807, 2.05) is 12.1 Å². The highest BCUT2D eigenvalue weighted by molar-refractivity contribution is 9.10. The van der Waals surface area contributed by atoms with Crippen molar-refractivity contribution < 1.29 is 13.2 Å². The fourth-order valence-corrected chi connectivity index (χ4v) is 3.22. The summed E-state index contributed by atoms with van der Waals surface area (Å²) in [4.78, 5) is 16.7. The number of nitrogens with zero attached hydrogens (tertiary/aromatic N) is 1. The van der Waals surface area contributed by atoms with E-state index in [9.17, 15) is 13.2 Å². The average molecular weight is 406 g/mol. The van der Waals surface area contributed by atoms with Crippen LogP contribution in [0.25, 0.3) is 10.9 Å². The van der Waals surface area contributed by atoms with Crippen LogP contribution in [-0.4, -0.2) is 19.3 Å². The number of aromatic nitrogens is 1. The summed E-state index contributed by atoms with van der Waals surface area (Å²) < 4.78 is 23.4. The molecule has 0 bridgehead atoms. The Morgan fingerprint density at radius 1 is 1.12 bits per heavy atom. The van der Waals surface area contributed by atoms with Crippen LogP contribution in [0.1, 0.15) is 10.4 Å². The van der Waals surface area contributed by atoms with E-state index in [0.29, 0.717) is 15.7 Å². The molecule has 0 aliphatic rings. The molecule has 3 aromatic rings. The standard InChI is InChI=1S/C16H12BrN3O3S/c17-13-7-6-11(24(18,22)23)9-12(13)16(21)20-14-5-1-3-10-4-2-8-19-15(10)14/h1-9H,(H,20,21)(H2,18,22,23). The summed E-state index contributed by atoms with van der Waals surface area (Å²) >= 11 is 3.25. The van der Waals surface area contributed by atoms with E-state index in [4.69, 9.17) is 5.14 Å². The first-order valence-electron chi connectivity index (χ1n) is 6.84. The van der Waals surface area contributed by atoms with E-state index in [2.05, 4.69) is 26.2 Å². The highest BCUT2D eigenvalue weighted by Crippen LogP contribution is 2.24. The zero-order chi connectivity index (χ0) is 17.3. The van der Waals surface area contributed by atoms with Crippen LogP contribution in [0.5, 0.6) is 0 Å². The Morgan fingerprint density at radius 2 is 1.88 bits per heavy atom. The lowest BCUT2D eigenvalue weighted by molar-refractivity contribution is 0.102. The molecule has 2 aromatic carbocycles. The lowest BCUT2D eigenvalue weighted by Gasteiger charge is -2.10. The van der Waals surface area contributed by atoms with E-state index in [1.54, 1.807) is 24.4 Å². The normalized spacial score (nSPS) is 11.4. The van der Waals surface area contributed by atoms with Gasteiger partial charge in [-0.2, -0.15) is 0 Å². The maximum absolute atomic E-state index is 12.6. The van der Waals surface area contributed by atoms with E-state index in [0.717, 1.165) is 5.39 Å². The van der Waals surface area contributed by atoms with Gasteiger partial charge in [0.1, 0.15) is 0 Å². The molecular weight excluding hydrogens is 394 g/mol. The number of nitrogens with two attached hydrogens (primary N) is 1. The third-order valence-corrected chi connectivity index (χ3v) is 4.99. The molecule has 1 aromatic heterocycles. The molecular formula is C16H12BrN3O3S. The number of hydrogen-bond donors (Lipinski definition) is 2. The molecule has 0 radical (unpaired) electrons. The van der Waals surface area contributed by atoms with Crippen molar-refractivity contribution in [3.63, 3.8) is 0 Å². The number of fused-ring (bicyclic) bond motifs is 1. The van der Waals surface area contributed by atoms with Crippen LogP contribution in [0.3, 0.4) is 0 Å². The Hall–Kier alpha value is -2.29. The minimum Gasteiger partial charge on any atom is -0.320 e. The topological polar surface area (TPSA) is 102 Å². The number of hydrogen-bond acceptors (Lipinski definition) is 4. The number of primary sulfonamides is 1. The molecule has 0 saturated carbocycles. The van der Waals surface area contributed by atoms with Crippen molar-refractivity contribution in [1.82, 2.24) is 4.98 Å². The third-order valence-electron chi connectivity index (χ3n) is 3.39. The number of anilines is 1. The van der Waals surface area contributed by atoms with Gasteiger partial charge in [-0.05, 0) is 46.3 Å². The Bertz CT molecular complexity index is 1050. The molecule has 0 spiro atoms. The minimum atomic E-state index is -3.90. The zero-order valence-electron chi connectivity index (χ0n) is 12.2. The molecule has 0 aliphatic carbocycles. The van der Waals surface area contributed by atoms with Gasteiger partial charge in [0.15, 0.2) is 0 Å². The van der Waals surface area contributed by atoms with Crippen LogP contribution in [0, 0.1) is 0 Å². The van der Waals surface area contributed by atoms with E-state index in [1.165, 1.54) is 18.2 Å². The van der Waals surface area contributed by atoms with E-state index < -0.39 is 15.9 Å². The second-order valence-corrected chi connectivity index (χ2v) is 7.44. The van der Waals surface area contributed by atoms with Crippen LogP contribution in [-0.2, 0) is 10.0 Å². The molecule has 0 unspecified atom stereocenters. The number of rotatable bonds is 3. The highest BCUT2D eigenvalue weighted by Gasteiger charge is 2.16. The molecule has 0 fully saturated rings. The number of carbonyl (C=O) groups excluding carboxylic acids is 1. The largest absolute Gasteiger partial charge is 0.320 e. The Morgan fingerprint density at radius 3 is 2.62 bits per heavy atom. The van der Waals surface area contributed by atoms with Crippen LogP contribution in [0.15, 0.2) is 64.1 Å². The fourth-order valence-electron chi connectivity index (χ4n) is 2.25. The van der Waals surface area contributed by atoms with Crippen molar-refractivity contribution in [3.8, 4) is 0 Å². The molecule has 8 heteroatoms. The van der Waals surface area contributed by atoms with Crippen molar-refractivity contribution >= 4 is 48.5 Å². The number of nitrogens with one attached hydrogen (secondary N) is 1. The van der Waals surface area contributed by atoms with Gasteiger partial charge in [-0.1, -0.05) is 18.2 Å². The van der Waals surface area contributed by atoms with Crippen LogP contribution in [0.4, 0.5) is 5.69 Å². The number of para-hydroxylation sites is 1. The lowest BCUT2D eigenvalue weighted by Crippen LogP contribution is -2.16. The minimum absolute atomic E-state index is 0.133. The SMILES string of the molecule is NS(=O)(=O)c1ccc(Br)c(C(=O)Nc2cccc3cccnc23)c1. The first-order chi connectivity index (χ1) is 11.4. The number of pyridine rings is 1. The van der Waals surface area contributed by atoms with Gasteiger partial charge in [-0.25, -0.2) is 13.6 Å². The molecule has 0 aliphatic heterocycles. The quantitative estimate of drug-likeness (QED) is 0.698. The highest BCUT2D eigenvalue weighted by atomic mass is 79.9. The molecule has 1 heterocycles. The molecule has 122 valence electrons. The second-order valence-electron chi connectivity index (χ2n) is 5.02. The van der Waals surface area contributed by atoms with Gasteiger partial charge in [-0.15, -0.1) is 0 Å². The molecule has 24 heavy (non-hydrogen) atoms. The first-order valence-corrected chi connectivity index (χ1v) is 9.17. The van der Waals surface area contributed by atoms with Crippen LogP contribution < -0.4 is 10.5 Å². The van der Waals surface area contributed by atoms with Crippen molar-refractivity contribution in [1.29, 1.82) is 0 Å². The Labute approximate surface area is 146 Å². The number of halogens is 1. The van der Waals surface area contributed by atoms with Gasteiger partial charge in [0.05, 0.1) is 21.7 Å². The Kier molecular flexibility index (Phi) is 4.35. The second kappa shape index (κ2) is 6.31. The number of amides is 1. The predicted molar refractivity (Wildman–Crippen MR) is 95.2 cm³/mol. The molecule has 0 saturated heterocycles. The van der Waals surface area contributed by atoms with Crippen molar-refractivity contribution in [3.05, 3.63) is 64.8 Å². The zero-order valence-corrected chi connectivity index (χ0v) is 14.6. The summed E-state index contributed by atoms with van der Waals surface area (Å²) in [6.07, 6.45) is 1.63. The van der Waals surface area contributed by atoms with E-state index >= 15 is 0 Å². The van der Waals surface area contributed by atoms with E-state index in [-0.39, 0.29) is 10.5 Å². The third kappa shape index (κ3) is 3.30. The summed E-state index contributed by atoms with van der Waals surface area (Å²) in [6.45, 7) is 0. The van der Waals surface area contributed by atoms with Crippen molar-refractivity contribution in [2.75, 3.05) is 5.32 Å². The van der Waals surface area contributed by atoms with Crippen molar-refractivity contribution in [2.45, 2.75) is 4.90 Å². The van der Waals surface area contributed by atoms with Gasteiger partial charge < -0.3 is 5.32 Å². The maximum atomic E-state index is 12.6. The molecule has 0 atom stereocenters. The molecule has 1 amide bonds.